The van der Waals surface area contributed by atoms with E-state index in [9.17, 15) is 9.90 Å². The van der Waals surface area contributed by atoms with Crippen LogP contribution in [0.5, 0.6) is 5.75 Å². The summed E-state index contributed by atoms with van der Waals surface area (Å²) in [4.78, 5) is 15.1. The van der Waals surface area contributed by atoms with Crippen LogP contribution in [0.25, 0.3) is 0 Å². The van der Waals surface area contributed by atoms with Crippen LogP contribution in [0.15, 0.2) is 36.4 Å². The van der Waals surface area contributed by atoms with Crippen LogP contribution < -0.4 is 4.74 Å². The minimum atomic E-state index is -0.378. The van der Waals surface area contributed by atoms with Gasteiger partial charge in [-0.1, -0.05) is 18.7 Å². The van der Waals surface area contributed by atoms with E-state index >= 15 is 0 Å². The van der Waals surface area contributed by atoms with Crippen LogP contribution in [0.2, 0.25) is 0 Å². The lowest BCUT2D eigenvalue weighted by Gasteiger charge is -2.42. The first-order valence-electron chi connectivity index (χ1n) is 8.87. The highest BCUT2D eigenvalue weighted by atomic mass is 16.5. The Hall–Kier alpha value is -1.85. The number of carbonyl (C=O) groups excluding carboxylic acids is 1. The Labute approximate surface area is 149 Å². The maximum atomic E-state index is 13.2. The lowest BCUT2D eigenvalue weighted by Crippen LogP contribution is -2.52. The van der Waals surface area contributed by atoms with Crippen molar-refractivity contribution in [1.82, 2.24) is 4.90 Å². The van der Waals surface area contributed by atoms with Crippen molar-refractivity contribution < 1.29 is 19.4 Å². The first kappa shape index (κ1) is 18.0. The van der Waals surface area contributed by atoms with Gasteiger partial charge in [-0.2, -0.15) is 0 Å². The average Bonchev–Trinajstić information content (AvgIpc) is 2.99. The fourth-order valence-electron chi connectivity index (χ4n) is 4.04. The van der Waals surface area contributed by atoms with Crippen LogP contribution >= 0.6 is 0 Å². The summed E-state index contributed by atoms with van der Waals surface area (Å²) in [5.41, 5.74) is 1.12. The van der Waals surface area contributed by atoms with Gasteiger partial charge in [-0.3, -0.25) is 4.79 Å². The summed E-state index contributed by atoms with van der Waals surface area (Å²) in [7, 11) is 1.71. The molecule has 1 saturated heterocycles. The fraction of sp³-hybridized carbons (Fsp3) is 0.550. The number of aliphatic hydroxyl groups excluding tert-OH is 1. The Balaban J connectivity index is 1.85. The molecule has 1 aromatic carbocycles. The number of methoxy groups -OCH3 is 1. The second-order valence-corrected chi connectivity index (χ2v) is 7.20. The van der Waals surface area contributed by atoms with Gasteiger partial charge in [0.25, 0.3) is 5.91 Å². The number of hydrogen-bond acceptors (Lipinski definition) is 4. The number of carbonyl (C=O) groups is 1. The van der Waals surface area contributed by atoms with Crippen LogP contribution in [-0.2, 0) is 4.74 Å². The Morgan fingerprint density at radius 3 is 2.88 bits per heavy atom. The first-order valence-corrected chi connectivity index (χ1v) is 8.87. The first-order chi connectivity index (χ1) is 12.0. The third kappa shape index (κ3) is 3.44. The minimum Gasteiger partial charge on any atom is -0.488 e. The van der Waals surface area contributed by atoms with Crippen LogP contribution in [0, 0.1) is 0 Å². The van der Waals surface area contributed by atoms with Gasteiger partial charge in [0, 0.05) is 13.7 Å². The van der Waals surface area contributed by atoms with Gasteiger partial charge in [0.15, 0.2) is 0 Å². The second kappa shape index (κ2) is 7.18. The molecule has 0 spiro atoms. The molecule has 1 aliphatic heterocycles. The largest absolute Gasteiger partial charge is 0.488 e. The third-order valence-corrected chi connectivity index (χ3v) is 5.41. The zero-order chi connectivity index (χ0) is 18.0. The summed E-state index contributed by atoms with van der Waals surface area (Å²) in [6.07, 6.45) is 2.50. The molecular formula is C20H27NO4. The predicted molar refractivity (Wildman–Crippen MR) is 95.8 cm³/mol. The van der Waals surface area contributed by atoms with E-state index < -0.39 is 0 Å². The Morgan fingerprint density at radius 2 is 2.16 bits per heavy atom. The molecule has 0 bridgehead atoms. The molecule has 2 aliphatic rings. The molecule has 5 nitrogen and oxygen atoms in total. The smallest absolute Gasteiger partial charge is 0.257 e. The molecule has 1 saturated carbocycles. The molecule has 1 aliphatic carbocycles. The van der Waals surface area contributed by atoms with Crippen molar-refractivity contribution in [3.63, 3.8) is 0 Å². The number of benzene rings is 1. The van der Waals surface area contributed by atoms with Gasteiger partial charge in [-0.25, -0.2) is 0 Å². The van der Waals surface area contributed by atoms with E-state index in [1.807, 2.05) is 30.0 Å². The lowest BCUT2D eigenvalue weighted by molar-refractivity contribution is -0.0824. The normalized spacial score (nSPS) is 28.5. The van der Waals surface area contributed by atoms with E-state index in [4.69, 9.17) is 9.47 Å². The van der Waals surface area contributed by atoms with Gasteiger partial charge in [-0.05, 0) is 50.3 Å². The molecular weight excluding hydrogens is 318 g/mol. The number of likely N-dealkylation sites (tertiary alicyclic amines) is 1. The number of hydrogen-bond donors (Lipinski definition) is 1. The summed E-state index contributed by atoms with van der Waals surface area (Å²) in [5, 5.41) is 10.1. The van der Waals surface area contributed by atoms with Gasteiger partial charge in [0.05, 0.1) is 23.3 Å². The Morgan fingerprint density at radius 1 is 1.40 bits per heavy atom. The van der Waals surface area contributed by atoms with Crippen molar-refractivity contribution in [2.24, 2.45) is 0 Å². The Bertz CT molecular complexity index is 659. The van der Waals surface area contributed by atoms with E-state index in [1.165, 1.54) is 0 Å². The molecule has 3 rings (SSSR count). The van der Waals surface area contributed by atoms with Crippen LogP contribution in [-0.4, -0.2) is 53.9 Å². The van der Waals surface area contributed by atoms with E-state index in [0.717, 1.165) is 24.8 Å². The maximum Gasteiger partial charge on any atom is 0.257 e. The van der Waals surface area contributed by atoms with Crippen molar-refractivity contribution in [1.29, 1.82) is 0 Å². The van der Waals surface area contributed by atoms with Gasteiger partial charge < -0.3 is 19.5 Å². The summed E-state index contributed by atoms with van der Waals surface area (Å²) < 4.78 is 11.6. The topological polar surface area (TPSA) is 59.0 Å². The van der Waals surface area contributed by atoms with E-state index in [2.05, 4.69) is 6.58 Å². The van der Waals surface area contributed by atoms with Gasteiger partial charge in [-0.15, -0.1) is 0 Å². The molecule has 1 amide bonds. The van der Waals surface area contributed by atoms with Crippen LogP contribution in [0.3, 0.4) is 0 Å². The molecule has 3 atom stereocenters. The molecule has 1 aromatic rings. The average molecular weight is 345 g/mol. The molecule has 0 radical (unpaired) electrons. The summed E-state index contributed by atoms with van der Waals surface area (Å²) >= 11 is 0. The molecule has 2 fully saturated rings. The van der Waals surface area contributed by atoms with Crippen molar-refractivity contribution in [2.45, 2.75) is 50.4 Å². The zero-order valence-corrected chi connectivity index (χ0v) is 15.0. The molecule has 0 aromatic heterocycles. The highest BCUT2D eigenvalue weighted by Crippen LogP contribution is 2.43. The SMILES string of the molecule is C=C(C)COc1ccccc1C(=O)N1CC[C@]2(OC)CC[C@@H](O)C[C@H]12. The number of para-hydroxylation sites is 1. The maximum absolute atomic E-state index is 13.2. The fourth-order valence-corrected chi connectivity index (χ4v) is 4.04. The zero-order valence-electron chi connectivity index (χ0n) is 15.0. The lowest BCUT2D eigenvalue weighted by atomic mass is 9.79. The third-order valence-electron chi connectivity index (χ3n) is 5.41. The summed E-state index contributed by atoms with van der Waals surface area (Å²) in [6, 6.07) is 7.21. The number of aliphatic hydroxyl groups is 1. The molecule has 5 heteroatoms. The van der Waals surface area contributed by atoms with Crippen molar-refractivity contribution in [3.8, 4) is 5.75 Å². The molecule has 0 unspecified atom stereocenters. The van der Waals surface area contributed by atoms with Crippen molar-refractivity contribution in [2.75, 3.05) is 20.3 Å². The highest BCUT2D eigenvalue weighted by molar-refractivity contribution is 5.97. The summed E-state index contributed by atoms with van der Waals surface area (Å²) in [6.45, 7) is 6.75. The van der Waals surface area contributed by atoms with E-state index in [0.29, 0.717) is 30.9 Å². The van der Waals surface area contributed by atoms with Crippen LogP contribution in [0.1, 0.15) is 43.0 Å². The number of ether oxygens (including phenoxy) is 2. The molecule has 1 N–H and O–H groups in total. The molecule has 136 valence electrons. The van der Waals surface area contributed by atoms with Crippen molar-refractivity contribution >= 4 is 5.91 Å². The number of amides is 1. The van der Waals surface area contributed by atoms with E-state index in [1.54, 1.807) is 13.2 Å². The molecule has 25 heavy (non-hydrogen) atoms. The van der Waals surface area contributed by atoms with Gasteiger partial charge in [0.2, 0.25) is 0 Å². The standard InChI is InChI=1S/C20H27NO4/c1-14(2)13-25-17-7-5-4-6-16(17)19(23)21-11-10-20(24-3)9-8-15(22)12-18(20)21/h4-7,15,18,22H,1,8-13H2,2-3H3/t15-,18+,20-/m1/s1. The summed E-state index contributed by atoms with van der Waals surface area (Å²) in [5.74, 6) is 0.511. The van der Waals surface area contributed by atoms with Gasteiger partial charge >= 0.3 is 0 Å². The van der Waals surface area contributed by atoms with Crippen LogP contribution in [0.4, 0.5) is 0 Å². The molecule has 1 heterocycles. The highest BCUT2D eigenvalue weighted by Gasteiger charge is 2.52. The number of nitrogens with zero attached hydrogens (tertiary/aromatic N) is 1. The van der Waals surface area contributed by atoms with E-state index in [-0.39, 0.29) is 23.7 Å². The number of rotatable bonds is 5. The Kier molecular flexibility index (Phi) is 5.16. The second-order valence-electron chi connectivity index (χ2n) is 7.20. The van der Waals surface area contributed by atoms with Crippen molar-refractivity contribution in [3.05, 3.63) is 42.0 Å². The van der Waals surface area contributed by atoms with Gasteiger partial charge in [0.1, 0.15) is 12.4 Å². The monoisotopic (exact) mass is 345 g/mol. The quantitative estimate of drug-likeness (QED) is 0.834. The predicted octanol–water partition coefficient (Wildman–Crippen LogP) is 2.79. The minimum absolute atomic E-state index is 0.0599. The number of fused-ring (bicyclic) bond motifs is 1.